The molecule has 2 aromatic heterocycles. The third kappa shape index (κ3) is 2.35. The molecule has 114 valence electrons. The van der Waals surface area contributed by atoms with Gasteiger partial charge in [0.15, 0.2) is 22.6 Å². The summed E-state index contributed by atoms with van der Waals surface area (Å²) in [5, 5.41) is 12.4. The number of aromatic amines is 1. The van der Waals surface area contributed by atoms with Gasteiger partial charge in [-0.25, -0.2) is 18.4 Å². The van der Waals surface area contributed by atoms with Crippen molar-refractivity contribution in [3.05, 3.63) is 29.6 Å². The Labute approximate surface area is 128 Å². The van der Waals surface area contributed by atoms with Gasteiger partial charge in [0.1, 0.15) is 0 Å². The number of aromatic nitrogens is 6. The number of nitrogens with one attached hydrogen (secondary N) is 1. The Kier molecular flexibility index (Phi) is 3.10. The Balaban J connectivity index is 1.61. The lowest BCUT2D eigenvalue weighted by Crippen LogP contribution is -2.05. The van der Waals surface area contributed by atoms with Gasteiger partial charge >= 0.3 is 0 Å². The summed E-state index contributed by atoms with van der Waals surface area (Å²) in [6.45, 7) is 1.98. The molecule has 6 nitrogen and oxygen atoms in total. The molecule has 0 amide bonds. The third-order valence-electron chi connectivity index (χ3n) is 3.57. The molecule has 0 unspecified atom stereocenters. The van der Waals surface area contributed by atoms with E-state index in [-0.39, 0.29) is 5.25 Å². The summed E-state index contributed by atoms with van der Waals surface area (Å²) in [5.41, 5.74) is 0.866. The van der Waals surface area contributed by atoms with Crippen molar-refractivity contribution in [1.29, 1.82) is 0 Å². The van der Waals surface area contributed by atoms with Gasteiger partial charge in [0.2, 0.25) is 0 Å². The van der Waals surface area contributed by atoms with Crippen LogP contribution >= 0.6 is 11.8 Å². The Hall–Kier alpha value is -2.03. The standard InChI is InChI=1S/C13H12F2N6S/c1-6(12-18-19-20-21(12)7-2-3-7)22-13-16-10-4-8(14)9(15)5-11(10)17-13/h4-7H,2-3H2,1H3,(H,16,17)/t6-/m1/s1. The first kappa shape index (κ1) is 13.6. The molecule has 0 bridgehead atoms. The van der Waals surface area contributed by atoms with Gasteiger partial charge in [-0.3, -0.25) is 0 Å². The predicted octanol–water partition coefficient (Wildman–Crippen LogP) is 3.02. The van der Waals surface area contributed by atoms with Crippen molar-refractivity contribution in [3.8, 4) is 0 Å². The number of imidazole rings is 1. The first-order chi connectivity index (χ1) is 10.6. The number of H-pyrrole nitrogens is 1. The number of hydrogen-bond acceptors (Lipinski definition) is 5. The summed E-state index contributed by atoms with van der Waals surface area (Å²) in [6, 6.07) is 2.59. The number of nitrogens with zero attached hydrogens (tertiary/aromatic N) is 5. The molecular formula is C13H12F2N6S. The summed E-state index contributed by atoms with van der Waals surface area (Å²) in [4.78, 5) is 7.27. The van der Waals surface area contributed by atoms with E-state index in [0.29, 0.717) is 22.2 Å². The number of halogens is 2. The molecule has 0 saturated heterocycles. The van der Waals surface area contributed by atoms with Crippen molar-refractivity contribution in [2.45, 2.75) is 36.2 Å². The summed E-state index contributed by atoms with van der Waals surface area (Å²) in [5.74, 6) is -1.01. The van der Waals surface area contributed by atoms with Crippen LogP contribution in [0.3, 0.4) is 0 Å². The maximum atomic E-state index is 13.2. The van der Waals surface area contributed by atoms with Crippen LogP contribution in [0.15, 0.2) is 17.3 Å². The summed E-state index contributed by atoms with van der Waals surface area (Å²) in [6.07, 6.45) is 2.19. The van der Waals surface area contributed by atoms with Crippen molar-refractivity contribution in [2.75, 3.05) is 0 Å². The van der Waals surface area contributed by atoms with Crippen molar-refractivity contribution < 1.29 is 8.78 Å². The van der Waals surface area contributed by atoms with Crippen LogP contribution in [-0.2, 0) is 0 Å². The van der Waals surface area contributed by atoms with Crippen LogP contribution < -0.4 is 0 Å². The van der Waals surface area contributed by atoms with Gasteiger partial charge in [-0.1, -0.05) is 11.8 Å². The fourth-order valence-electron chi connectivity index (χ4n) is 2.30. The zero-order chi connectivity index (χ0) is 15.3. The third-order valence-corrected chi connectivity index (χ3v) is 4.55. The molecule has 1 atom stereocenters. The van der Waals surface area contributed by atoms with Gasteiger partial charge in [-0.2, -0.15) is 0 Å². The van der Waals surface area contributed by atoms with E-state index in [1.54, 1.807) is 0 Å². The largest absolute Gasteiger partial charge is 0.333 e. The number of benzene rings is 1. The molecule has 9 heteroatoms. The minimum atomic E-state index is -0.902. The summed E-state index contributed by atoms with van der Waals surface area (Å²) < 4.78 is 28.3. The minimum Gasteiger partial charge on any atom is -0.333 e. The lowest BCUT2D eigenvalue weighted by atomic mass is 10.3. The fraction of sp³-hybridized carbons (Fsp3) is 0.385. The van der Waals surface area contributed by atoms with Crippen LogP contribution in [0.5, 0.6) is 0 Å². The van der Waals surface area contributed by atoms with Crippen LogP contribution in [-0.4, -0.2) is 30.2 Å². The second kappa shape index (κ2) is 5.01. The molecule has 1 aliphatic rings. The molecule has 1 aromatic carbocycles. The first-order valence-corrected chi connectivity index (χ1v) is 7.79. The van der Waals surface area contributed by atoms with Crippen LogP contribution in [0.4, 0.5) is 8.78 Å². The van der Waals surface area contributed by atoms with E-state index < -0.39 is 11.6 Å². The minimum absolute atomic E-state index is 0.0224. The topological polar surface area (TPSA) is 72.3 Å². The molecule has 3 aromatic rings. The maximum Gasteiger partial charge on any atom is 0.167 e. The second-order valence-corrected chi connectivity index (χ2v) is 6.63. The quantitative estimate of drug-likeness (QED) is 0.748. The van der Waals surface area contributed by atoms with Crippen molar-refractivity contribution >= 4 is 22.8 Å². The van der Waals surface area contributed by atoms with Crippen LogP contribution in [0.2, 0.25) is 0 Å². The van der Waals surface area contributed by atoms with Gasteiger partial charge < -0.3 is 4.98 Å². The van der Waals surface area contributed by atoms with Crippen LogP contribution in [0.1, 0.15) is 36.9 Å². The number of hydrogen-bond donors (Lipinski definition) is 1. The molecule has 1 saturated carbocycles. The van der Waals surface area contributed by atoms with E-state index >= 15 is 0 Å². The normalized spacial score (nSPS) is 16.3. The number of rotatable bonds is 4. The number of fused-ring (bicyclic) bond motifs is 1. The highest BCUT2D eigenvalue weighted by Gasteiger charge is 2.30. The Morgan fingerprint density at radius 2 is 2.09 bits per heavy atom. The van der Waals surface area contributed by atoms with E-state index in [9.17, 15) is 8.78 Å². The lowest BCUT2D eigenvalue weighted by Gasteiger charge is -2.08. The van der Waals surface area contributed by atoms with E-state index in [0.717, 1.165) is 30.8 Å². The zero-order valence-corrected chi connectivity index (χ0v) is 12.4. The molecule has 1 aliphatic carbocycles. The monoisotopic (exact) mass is 322 g/mol. The number of tetrazole rings is 1. The lowest BCUT2D eigenvalue weighted by molar-refractivity contribution is 0.510. The van der Waals surface area contributed by atoms with Crippen LogP contribution in [0, 0.1) is 11.6 Å². The SMILES string of the molecule is C[C@@H](Sc1nc2cc(F)c(F)cc2[nH]1)c1nnnn1C1CC1. The van der Waals surface area contributed by atoms with E-state index in [4.69, 9.17) is 0 Å². The average molecular weight is 322 g/mol. The molecule has 0 spiro atoms. The van der Waals surface area contributed by atoms with Crippen molar-refractivity contribution in [2.24, 2.45) is 0 Å². The van der Waals surface area contributed by atoms with Crippen LogP contribution in [0.25, 0.3) is 11.0 Å². The van der Waals surface area contributed by atoms with E-state index in [1.165, 1.54) is 11.8 Å². The second-order valence-electron chi connectivity index (χ2n) is 5.30. The van der Waals surface area contributed by atoms with Crippen molar-refractivity contribution in [1.82, 2.24) is 30.2 Å². The average Bonchev–Trinajstić information content (AvgIpc) is 3.07. The smallest absolute Gasteiger partial charge is 0.167 e. The van der Waals surface area contributed by atoms with E-state index in [2.05, 4.69) is 25.5 Å². The Morgan fingerprint density at radius 1 is 1.32 bits per heavy atom. The maximum absolute atomic E-state index is 13.2. The fourth-order valence-corrected chi connectivity index (χ4v) is 3.22. The summed E-state index contributed by atoms with van der Waals surface area (Å²) in [7, 11) is 0. The van der Waals surface area contributed by atoms with Gasteiger partial charge in [0.05, 0.1) is 22.3 Å². The zero-order valence-electron chi connectivity index (χ0n) is 11.6. The number of thioether (sulfide) groups is 1. The molecular weight excluding hydrogens is 310 g/mol. The molecule has 0 radical (unpaired) electrons. The molecule has 2 heterocycles. The predicted molar refractivity (Wildman–Crippen MR) is 76.4 cm³/mol. The highest BCUT2D eigenvalue weighted by molar-refractivity contribution is 7.99. The highest BCUT2D eigenvalue weighted by atomic mass is 32.2. The van der Waals surface area contributed by atoms with E-state index in [1.807, 2.05) is 11.6 Å². The Morgan fingerprint density at radius 3 is 2.86 bits per heavy atom. The summed E-state index contributed by atoms with van der Waals surface area (Å²) >= 11 is 1.42. The molecule has 22 heavy (non-hydrogen) atoms. The van der Waals surface area contributed by atoms with Gasteiger partial charge in [-0.15, -0.1) is 5.10 Å². The highest BCUT2D eigenvalue weighted by Crippen LogP contribution is 2.39. The van der Waals surface area contributed by atoms with Gasteiger partial charge in [0, 0.05) is 12.1 Å². The molecule has 1 fully saturated rings. The molecule has 1 N–H and O–H groups in total. The first-order valence-electron chi connectivity index (χ1n) is 6.91. The van der Waals surface area contributed by atoms with Gasteiger partial charge in [0.25, 0.3) is 0 Å². The van der Waals surface area contributed by atoms with Gasteiger partial charge in [-0.05, 0) is 30.2 Å². The molecule has 4 rings (SSSR count). The van der Waals surface area contributed by atoms with Crippen molar-refractivity contribution in [3.63, 3.8) is 0 Å². The Bertz CT molecular complexity index is 801. The molecule has 0 aliphatic heterocycles.